The van der Waals surface area contributed by atoms with Crippen LogP contribution in [0.4, 0.5) is 0 Å². The lowest BCUT2D eigenvalue weighted by atomic mass is 10.1. The molecule has 0 aliphatic heterocycles. The van der Waals surface area contributed by atoms with Crippen molar-refractivity contribution >= 4 is 49.2 Å². The predicted octanol–water partition coefficient (Wildman–Crippen LogP) is 6.02. The summed E-state index contributed by atoms with van der Waals surface area (Å²) < 4.78 is 4.59. The number of halogens is 1. The maximum atomic E-state index is 13.5. The third-order valence-corrected chi connectivity index (χ3v) is 6.29. The molecule has 5 rings (SSSR count). The minimum atomic E-state index is -0.0613. The van der Waals surface area contributed by atoms with Gasteiger partial charge in [-0.3, -0.25) is 13.9 Å². The van der Waals surface area contributed by atoms with Crippen LogP contribution in [0.5, 0.6) is 0 Å². The molecule has 0 unspecified atom stereocenters. The lowest BCUT2D eigenvalue weighted by molar-refractivity contribution is 0.556. The highest BCUT2D eigenvalue weighted by Gasteiger charge is 2.20. The smallest absolute Gasteiger partial charge is 0.265 e. The van der Waals surface area contributed by atoms with Crippen molar-refractivity contribution < 1.29 is 0 Å². The molecule has 7 heteroatoms. The summed E-state index contributed by atoms with van der Waals surface area (Å²) in [4.78, 5) is 28.0. The summed E-state index contributed by atoms with van der Waals surface area (Å²) in [5.41, 5.74) is 4.19. The average Bonchev–Trinajstić information content (AvgIpc) is 3.12. The highest BCUT2D eigenvalue weighted by molar-refractivity contribution is 9.10. The van der Waals surface area contributed by atoms with Gasteiger partial charge in [-0.15, -0.1) is 0 Å². The normalized spacial score (nSPS) is 11.7. The standard InChI is InChI=1S/C25H24BrN5O/c1-2-3-4-5-8-14-30-16-27-23-21(25(30)32)22-24(29-20-13-7-6-12-19(20)28-22)31(23)18-11-9-10-17(26)15-18/h6-7,9-13,15-16H,2-5,8,14H2,1H3. The zero-order chi connectivity index (χ0) is 22.1. The first-order chi connectivity index (χ1) is 15.7. The van der Waals surface area contributed by atoms with Crippen LogP contribution in [0.1, 0.15) is 39.0 Å². The van der Waals surface area contributed by atoms with Gasteiger partial charge in [-0.1, -0.05) is 66.7 Å². The molecule has 32 heavy (non-hydrogen) atoms. The topological polar surface area (TPSA) is 65.6 Å². The second kappa shape index (κ2) is 8.82. The quantitative estimate of drug-likeness (QED) is 0.262. The molecule has 0 amide bonds. The molecule has 162 valence electrons. The number of benzene rings is 2. The van der Waals surface area contributed by atoms with Crippen LogP contribution >= 0.6 is 15.9 Å². The summed E-state index contributed by atoms with van der Waals surface area (Å²) in [6, 6.07) is 15.7. The van der Waals surface area contributed by atoms with Gasteiger partial charge in [-0.25, -0.2) is 15.0 Å². The molecule has 0 fully saturated rings. The van der Waals surface area contributed by atoms with E-state index in [9.17, 15) is 4.79 Å². The highest BCUT2D eigenvalue weighted by atomic mass is 79.9. The van der Waals surface area contributed by atoms with Crippen molar-refractivity contribution in [1.82, 2.24) is 24.1 Å². The summed E-state index contributed by atoms with van der Waals surface area (Å²) in [6.07, 6.45) is 7.37. The largest absolute Gasteiger partial charge is 0.299 e. The molecule has 2 aromatic carbocycles. The summed E-state index contributed by atoms with van der Waals surface area (Å²) in [6.45, 7) is 2.87. The number of aryl methyl sites for hydroxylation is 1. The van der Waals surface area contributed by atoms with Gasteiger partial charge in [0.2, 0.25) is 0 Å². The van der Waals surface area contributed by atoms with Crippen molar-refractivity contribution in [2.75, 3.05) is 0 Å². The third kappa shape index (κ3) is 3.71. The van der Waals surface area contributed by atoms with Crippen LogP contribution in [0.15, 0.2) is 64.1 Å². The number of para-hydroxylation sites is 2. The minimum absolute atomic E-state index is 0.0613. The predicted molar refractivity (Wildman–Crippen MR) is 132 cm³/mol. The molecule has 0 aliphatic rings. The fraction of sp³-hybridized carbons (Fsp3) is 0.280. The molecule has 3 aromatic heterocycles. The van der Waals surface area contributed by atoms with Gasteiger partial charge in [-0.05, 0) is 36.8 Å². The second-order valence-electron chi connectivity index (χ2n) is 8.06. The summed E-state index contributed by atoms with van der Waals surface area (Å²) in [5.74, 6) is 0. The number of unbranched alkanes of at least 4 members (excludes halogenated alkanes) is 4. The Morgan fingerprint density at radius 3 is 2.47 bits per heavy atom. The van der Waals surface area contributed by atoms with E-state index in [1.54, 1.807) is 10.9 Å². The van der Waals surface area contributed by atoms with E-state index in [1.165, 1.54) is 19.3 Å². The van der Waals surface area contributed by atoms with Gasteiger partial charge in [0.05, 0.1) is 23.0 Å². The molecule has 0 aliphatic carbocycles. The molecule has 0 N–H and O–H groups in total. The molecule has 0 bridgehead atoms. The molecule has 0 radical (unpaired) electrons. The van der Waals surface area contributed by atoms with E-state index in [4.69, 9.17) is 15.0 Å². The molecule has 0 spiro atoms. The molecular formula is C25H24BrN5O. The van der Waals surface area contributed by atoms with Gasteiger partial charge < -0.3 is 0 Å². The van der Waals surface area contributed by atoms with Crippen molar-refractivity contribution in [2.45, 2.75) is 45.6 Å². The number of rotatable bonds is 7. The lowest BCUT2D eigenvalue weighted by Gasteiger charge is -2.08. The van der Waals surface area contributed by atoms with Crippen LogP contribution in [0.2, 0.25) is 0 Å². The fourth-order valence-electron chi connectivity index (χ4n) is 4.18. The molecule has 0 saturated carbocycles. The van der Waals surface area contributed by atoms with E-state index in [-0.39, 0.29) is 5.56 Å². The van der Waals surface area contributed by atoms with Crippen LogP contribution < -0.4 is 5.56 Å². The van der Waals surface area contributed by atoms with Crippen molar-refractivity contribution in [3.05, 3.63) is 69.7 Å². The molecule has 3 heterocycles. The molecule has 5 aromatic rings. The Morgan fingerprint density at radius 1 is 0.906 bits per heavy atom. The molecule has 0 saturated heterocycles. The van der Waals surface area contributed by atoms with Gasteiger partial charge in [-0.2, -0.15) is 0 Å². The minimum Gasteiger partial charge on any atom is -0.299 e. The van der Waals surface area contributed by atoms with Gasteiger partial charge in [0.1, 0.15) is 10.9 Å². The van der Waals surface area contributed by atoms with Crippen molar-refractivity contribution in [3.8, 4) is 5.69 Å². The lowest BCUT2D eigenvalue weighted by Crippen LogP contribution is -2.20. The third-order valence-electron chi connectivity index (χ3n) is 5.80. The number of hydrogen-bond donors (Lipinski definition) is 0. The van der Waals surface area contributed by atoms with E-state index in [0.717, 1.165) is 34.0 Å². The number of nitrogens with zero attached hydrogens (tertiary/aromatic N) is 5. The summed E-state index contributed by atoms with van der Waals surface area (Å²) >= 11 is 3.55. The maximum Gasteiger partial charge on any atom is 0.265 e. The highest BCUT2D eigenvalue weighted by Crippen LogP contribution is 2.29. The van der Waals surface area contributed by atoms with Gasteiger partial charge in [0.25, 0.3) is 5.56 Å². The van der Waals surface area contributed by atoms with Crippen molar-refractivity contribution in [3.63, 3.8) is 0 Å². The molecule has 0 atom stereocenters. The van der Waals surface area contributed by atoms with E-state index < -0.39 is 0 Å². The Morgan fingerprint density at radius 2 is 1.69 bits per heavy atom. The Hall–Kier alpha value is -3.06. The second-order valence-corrected chi connectivity index (χ2v) is 8.97. The number of aromatic nitrogens is 5. The van der Waals surface area contributed by atoms with Crippen LogP contribution in [0, 0.1) is 0 Å². The molecular weight excluding hydrogens is 466 g/mol. The fourth-order valence-corrected chi connectivity index (χ4v) is 4.56. The number of hydrogen-bond acceptors (Lipinski definition) is 4. The van der Waals surface area contributed by atoms with E-state index in [2.05, 4.69) is 22.9 Å². The van der Waals surface area contributed by atoms with Crippen molar-refractivity contribution in [1.29, 1.82) is 0 Å². The maximum absolute atomic E-state index is 13.5. The van der Waals surface area contributed by atoms with Gasteiger partial charge in [0, 0.05) is 11.0 Å². The van der Waals surface area contributed by atoms with E-state index >= 15 is 0 Å². The SMILES string of the molecule is CCCCCCCn1cnc2c(c1=O)c1nc3ccccc3nc1n2-c1cccc(Br)c1. The zero-order valence-corrected chi connectivity index (χ0v) is 19.5. The van der Waals surface area contributed by atoms with E-state index in [0.29, 0.717) is 28.7 Å². The van der Waals surface area contributed by atoms with Crippen LogP contribution in [0.25, 0.3) is 38.9 Å². The van der Waals surface area contributed by atoms with Gasteiger partial charge in [0.15, 0.2) is 11.3 Å². The Balaban J connectivity index is 1.73. The van der Waals surface area contributed by atoms with Crippen LogP contribution in [0.3, 0.4) is 0 Å². The van der Waals surface area contributed by atoms with Crippen molar-refractivity contribution in [2.24, 2.45) is 0 Å². The Labute approximate surface area is 194 Å². The first kappa shape index (κ1) is 20.8. The van der Waals surface area contributed by atoms with E-state index in [1.807, 2.05) is 53.1 Å². The monoisotopic (exact) mass is 489 g/mol. The first-order valence-corrected chi connectivity index (χ1v) is 11.9. The summed E-state index contributed by atoms with van der Waals surface area (Å²) in [5, 5.41) is 0.522. The van der Waals surface area contributed by atoms with Crippen LogP contribution in [-0.4, -0.2) is 24.1 Å². The number of fused-ring (bicyclic) bond motifs is 4. The average molecular weight is 490 g/mol. The molecule has 6 nitrogen and oxygen atoms in total. The van der Waals surface area contributed by atoms with Crippen LogP contribution in [-0.2, 0) is 6.54 Å². The Bertz CT molecular complexity index is 1490. The zero-order valence-electron chi connectivity index (χ0n) is 18.0. The summed E-state index contributed by atoms with van der Waals surface area (Å²) in [7, 11) is 0. The first-order valence-electron chi connectivity index (χ1n) is 11.1. The Kier molecular flexibility index (Phi) is 5.74. The van der Waals surface area contributed by atoms with Gasteiger partial charge >= 0.3 is 0 Å².